The second-order valence-corrected chi connectivity index (χ2v) is 2.11. The Labute approximate surface area is 70.6 Å². The van der Waals surface area contributed by atoms with Gasteiger partial charge in [-0.05, 0) is 0 Å². The zero-order chi connectivity index (χ0) is 9.56. The largest absolute Gasteiger partial charge is 0.327 e. The minimum absolute atomic E-state index is 0.0162. The fourth-order valence-electron chi connectivity index (χ4n) is 0.721. The van der Waals surface area contributed by atoms with Gasteiger partial charge in [0.1, 0.15) is 0 Å². The van der Waals surface area contributed by atoms with Crippen LogP contribution in [0.2, 0.25) is 0 Å². The third-order valence-electron chi connectivity index (χ3n) is 1.29. The van der Waals surface area contributed by atoms with Crippen LogP contribution in [0.5, 0.6) is 0 Å². The first-order valence-corrected chi connectivity index (χ1v) is 3.54. The third kappa shape index (κ3) is 2.91. The van der Waals surface area contributed by atoms with Crippen molar-refractivity contribution in [3.8, 4) is 0 Å². The van der Waals surface area contributed by atoms with Crippen molar-refractivity contribution < 1.29 is 9.59 Å². The summed E-state index contributed by atoms with van der Waals surface area (Å²) in [5, 5.41) is 0. The molecule has 5 nitrogen and oxygen atoms in total. The van der Waals surface area contributed by atoms with Gasteiger partial charge in [-0.1, -0.05) is 6.08 Å². The monoisotopic (exact) mass is 171 g/mol. The Bertz CT molecular complexity index is 193. The van der Waals surface area contributed by atoms with Crippen molar-refractivity contribution in [1.29, 1.82) is 0 Å². The van der Waals surface area contributed by atoms with Crippen LogP contribution in [0.3, 0.4) is 0 Å². The topological polar surface area (TPSA) is 112 Å². The van der Waals surface area contributed by atoms with Gasteiger partial charge in [-0.25, -0.2) is 0 Å². The quantitative estimate of drug-likeness (QED) is 0.250. The van der Waals surface area contributed by atoms with E-state index in [0.29, 0.717) is 0 Å². The molecule has 0 aliphatic heterocycles. The number of nitrogens with two attached hydrogens (primary N) is 3. The number of carbonyl (C=O) groups is 2. The molecule has 12 heavy (non-hydrogen) atoms. The van der Waals surface area contributed by atoms with Gasteiger partial charge < -0.3 is 17.2 Å². The van der Waals surface area contributed by atoms with E-state index in [4.69, 9.17) is 17.2 Å². The van der Waals surface area contributed by atoms with E-state index >= 15 is 0 Å². The Balaban J connectivity index is 4.55. The van der Waals surface area contributed by atoms with Crippen LogP contribution in [0.4, 0.5) is 0 Å². The smallest absolute Gasteiger partial charge is 0.179 e. The molecule has 0 saturated carbocycles. The molecule has 0 rings (SSSR count). The number of Topliss-reactive ketones (excluding diaryl/α,β-unsaturated/α-hetero) is 2. The Kier molecular flexibility index (Phi) is 5.11. The van der Waals surface area contributed by atoms with Crippen LogP contribution in [0.15, 0.2) is 11.6 Å². The van der Waals surface area contributed by atoms with Crippen LogP contribution < -0.4 is 17.2 Å². The molecular weight excluding hydrogens is 158 g/mol. The number of ketones is 2. The molecular formula is C7H13N3O2. The Hall–Kier alpha value is -1.04. The molecule has 68 valence electrons. The van der Waals surface area contributed by atoms with Gasteiger partial charge >= 0.3 is 0 Å². The molecule has 0 heterocycles. The highest BCUT2D eigenvalue weighted by Crippen LogP contribution is 1.95. The van der Waals surface area contributed by atoms with E-state index in [1.807, 2.05) is 0 Å². The molecule has 0 aromatic carbocycles. The summed E-state index contributed by atoms with van der Waals surface area (Å²) in [4.78, 5) is 22.0. The normalized spacial score (nSPS) is 9.25. The van der Waals surface area contributed by atoms with Gasteiger partial charge in [-0.3, -0.25) is 9.59 Å². The Morgan fingerprint density at radius 1 is 1.00 bits per heavy atom. The summed E-state index contributed by atoms with van der Waals surface area (Å²) in [6.45, 7) is -0.262. The Morgan fingerprint density at radius 2 is 1.42 bits per heavy atom. The molecule has 6 N–H and O–H groups in total. The van der Waals surface area contributed by atoms with Crippen molar-refractivity contribution in [2.24, 2.45) is 17.2 Å². The SMILES string of the molecule is NCC=C(C(=O)CN)C(=O)CN. The van der Waals surface area contributed by atoms with Crippen molar-refractivity contribution in [2.45, 2.75) is 0 Å². The molecule has 0 atom stereocenters. The molecule has 0 aromatic rings. The van der Waals surface area contributed by atoms with Crippen LogP contribution in [-0.4, -0.2) is 31.2 Å². The maximum atomic E-state index is 11.0. The summed E-state index contributed by atoms with van der Waals surface area (Å²) in [7, 11) is 0. The molecule has 5 heteroatoms. The lowest BCUT2D eigenvalue weighted by molar-refractivity contribution is -0.120. The van der Waals surface area contributed by atoms with E-state index in [0.717, 1.165) is 0 Å². The first-order valence-electron chi connectivity index (χ1n) is 3.54. The summed E-state index contributed by atoms with van der Waals surface area (Å²) >= 11 is 0. The maximum Gasteiger partial charge on any atom is 0.179 e. The molecule has 0 aromatic heterocycles. The summed E-state index contributed by atoms with van der Waals surface area (Å²) < 4.78 is 0. The summed E-state index contributed by atoms with van der Waals surface area (Å²) in [5.74, 6) is -0.841. The second kappa shape index (κ2) is 5.59. The highest BCUT2D eigenvalue weighted by Gasteiger charge is 2.13. The molecule has 0 aliphatic rings. The molecule has 0 aliphatic carbocycles. The van der Waals surface area contributed by atoms with E-state index in [-0.39, 0.29) is 25.2 Å². The minimum Gasteiger partial charge on any atom is -0.327 e. The van der Waals surface area contributed by atoms with Crippen LogP contribution in [0, 0.1) is 0 Å². The zero-order valence-corrected chi connectivity index (χ0v) is 6.75. The van der Waals surface area contributed by atoms with Gasteiger partial charge in [0.25, 0.3) is 0 Å². The number of carbonyl (C=O) groups excluding carboxylic acids is 2. The molecule has 0 bridgehead atoms. The summed E-state index contributed by atoms with van der Waals surface area (Å²) in [6, 6.07) is 0. The maximum absolute atomic E-state index is 11.0. The number of rotatable bonds is 5. The molecule has 0 amide bonds. The predicted octanol–water partition coefficient (Wildman–Crippen LogP) is -2.07. The second-order valence-electron chi connectivity index (χ2n) is 2.11. The third-order valence-corrected chi connectivity index (χ3v) is 1.29. The van der Waals surface area contributed by atoms with E-state index in [2.05, 4.69) is 0 Å². The number of hydrogen-bond acceptors (Lipinski definition) is 5. The highest BCUT2D eigenvalue weighted by molar-refractivity contribution is 6.21. The van der Waals surface area contributed by atoms with E-state index < -0.39 is 11.6 Å². The predicted molar refractivity (Wildman–Crippen MR) is 45.3 cm³/mol. The van der Waals surface area contributed by atoms with Crippen molar-refractivity contribution >= 4 is 11.6 Å². The lowest BCUT2D eigenvalue weighted by Gasteiger charge is -2.00. The first kappa shape index (κ1) is 11.0. The average molecular weight is 171 g/mol. The Morgan fingerprint density at radius 3 is 1.67 bits per heavy atom. The molecule has 0 spiro atoms. The van der Waals surface area contributed by atoms with Crippen LogP contribution in [0.25, 0.3) is 0 Å². The first-order chi connectivity index (χ1) is 5.67. The van der Waals surface area contributed by atoms with Gasteiger partial charge in [0.2, 0.25) is 0 Å². The lowest BCUT2D eigenvalue weighted by Crippen LogP contribution is -2.26. The van der Waals surface area contributed by atoms with Gasteiger partial charge in [0.15, 0.2) is 11.6 Å². The standard InChI is InChI=1S/C7H13N3O2/c8-2-1-5(6(11)3-9)7(12)4-10/h1H,2-4,8-10H2. The van der Waals surface area contributed by atoms with Crippen molar-refractivity contribution in [1.82, 2.24) is 0 Å². The van der Waals surface area contributed by atoms with Gasteiger partial charge in [-0.2, -0.15) is 0 Å². The summed E-state index contributed by atoms with van der Waals surface area (Å²) in [5.41, 5.74) is 15.3. The fourth-order valence-corrected chi connectivity index (χ4v) is 0.721. The average Bonchev–Trinajstić information content (AvgIpc) is 2.11. The van der Waals surface area contributed by atoms with Crippen LogP contribution in [-0.2, 0) is 9.59 Å². The molecule has 0 unspecified atom stereocenters. The minimum atomic E-state index is -0.420. The molecule has 0 radical (unpaired) electrons. The zero-order valence-electron chi connectivity index (χ0n) is 6.75. The fraction of sp³-hybridized carbons (Fsp3) is 0.429. The van der Waals surface area contributed by atoms with E-state index in [1.165, 1.54) is 6.08 Å². The van der Waals surface area contributed by atoms with Gasteiger partial charge in [0.05, 0.1) is 18.7 Å². The molecule has 0 saturated heterocycles. The lowest BCUT2D eigenvalue weighted by atomic mass is 10.1. The van der Waals surface area contributed by atoms with E-state index in [9.17, 15) is 9.59 Å². The van der Waals surface area contributed by atoms with Crippen LogP contribution in [0.1, 0.15) is 0 Å². The van der Waals surface area contributed by atoms with Gasteiger partial charge in [0, 0.05) is 6.54 Å². The number of hydrogen-bond donors (Lipinski definition) is 3. The van der Waals surface area contributed by atoms with Crippen molar-refractivity contribution in [3.05, 3.63) is 11.6 Å². The van der Waals surface area contributed by atoms with Crippen molar-refractivity contribution in [2.75, 3.05) is 19.6 Å². The molecule has 0 fully saturated rings. The van der Waals surface area contributed by atoms with Gasteiger partial charge in [-0.15, -0.1) is 0 Å². The van der Waals surface area contributed by atoms with E-state index in [1.54, 1.807) is 0 Å². The summed E-state index contributed by atoms with van der Waals surface area (Å²) in [6.07, 6.45) is 1.34. The highest BCUT2D eigenvalue weighted by atomic mass is 16.1. The van der Waals surface area contributed by atoms with Crippen molar-refractivity contribution in [3.63, 3.8) is 0 Å². The van der Waals surface area contributed by atoms with Crippen LogP contribution >= 0.6 is 0 Å².